The molecule has 2 rings (SSSR count). The minimum absolute atomic E-state index is 0.491. The van der Waals surface area contributed by atoms with E-state index in [-0.39, 0.29) is 0 Å². The second-order valence-electron chi connectivity index (χ2n) is 3.73. The van der Waals surface area contributed by atoms with Crippen molar-refractivity contribution in [2.24, 2.45) is 0 Å². The van der Waals surface area contributed by atoms with E-state index in [1.807, 2.05) is 12.1 Å². The number of rotatable bonds is 3. The van der Waals surface area contributed by atoms with E-state index >= 15 is 0 Å². The number of methoxy groups -OCH3 is 1. The van der Waals surface area contributed by atoms with Gasteiger partial charge in [-0.25, -0.2) is 0 Å². The van der Waals surface area contributed by atoms with Crippen LogP contribution in [0.15, 0.2) is 24.3 Å². The molecular formula is C13H14ClNO. The van der Waals surface area contributed by atoms with Crippen LogP contribution in [-0.4, -0.2) is 12.1 Å². The quantitative estimate of drug-likeness (QED) is 0.811. The molecule has 0 N–H and O–H groups in total. The molecule has 0 unspecified atom stereocenters. The smallest absolute Gasteiger partial charge is 0.0884 e. The fourth-order valence-corrected chi connectivity index (χ4v) is 2.00. The molecule has 16 heavy (non-hydrogen) atoms. The summed E-state index contributed by atoms with van der Waals surface area (Å²) in [4.78, 5) is 4.49. The topological polar surface area (TPSA) is 22.1 Å². The lowest BCUT2D eigenvalue weighted by Crippen LogP contribution is -1.94. The van der Waals surface area contributed by atoms with Crippen LogP contribution >= 0.6 is 11.6 Å². The van der Waals surface area contributed by atoms with Crippen LogP contribution in [0, 0.1) is 0 Å². The van der Waals surface area contributed by atoms with Gasteiger partial charge in [0.25, 0.3) is 0 Å². The molecule has 1 aromatic carbocycles. The summed E-state index contributed by atoms with van der Waals surface area (Å²) in [5.41, 5.74) is 3.07. The van der Waals surface area contributed by atoms with E-state index in [1.165, 1.54) is 5.56 Å². The molecule has 0 bridgehead atoms. The molecular weight excluding hydrogens is 222 g/mol. The van der Waals surface area contributed by atoms with E-state index in [2.05, 4.69) is 24.0 Å². The lowest BCUT2D eigenvalue weighted by molar-refractivity contribution is 0.182. The van der Waals surface area contributed by atoms with Crippen LogP contribution in [0.4, 0.5) is 0 Å². The summed E-state index contributed by atoms with van der Waals surface area (Å²) in [7, 11) is 1.65. The summed E-state index contributed by atoms with van der Waals surface area (Å²) >= 11 is 6.23. The zero-order chi connectivity index (χ0) is 11.5. The van der Waals surface area contributed by atoms with Gasteiger partial charge < -0.3 is 4.74 Å². The van der Waals surface area contributed by atoms with Crippen molar-refractivity contribution in [3.63, 3.8) is 0 Å². The van der Waals surface area contributed by atoms with E-state index in [0.29, 0.717) is 6.61 Å². The molecule has 0 amide bonds. The Hall–Kier alpha value is -1.12. The third-order valence-corrected chi connectivity index (χ3v) is 2.89. The number of ether oxygens (including phenoxy) is 1. The molecule has 2 nitrogen and oxygen atoms in total. The van der Waals surface area contributed by atoms with Crippen molar-refractivity contribution in [1.82, 2.24) is 4.98 Å². The number of fused-ring (bicyclic) bond motifs is 1. The number of hydrogen-bond acceptors (Lipinski definition) is 2. The molecule has 1 aromatic heterocycles. The summed E-state index contributed by atoms with van der Waals surface area (Å²) in [5.74, 6) is 0. The van der Waals surface area contributed by atoms with Gasteiger partial charge in [0, 0.05) is 12.5 Å². The van der Waals surface area contributed by atoms with Gasteiger partial charge in [0.05, 0.1) is 22.8 Å². The maximum Gasteiger partial charge on any atom is 0.0884 e. The van der Waals surface area contributed by atoms with Crippen LogP contribution < -0.4 is 0 Å². The fraction of sp³-hybridized carbons (Fsp3) is 0.308. The standard InChI is InChI=1S/C13H14ClNO/c1-3-9-4-5-13-11(6-9)12(14)7-10(15-13)8-16-2/h4-7H,3,8H2,1-2H3. The fourth-order valence-electron chi connectivity index (χ4n) is 1.72. The largest absolute Gasteiger partial charge is 0.378 e. The molecule has 0 fully saturated rings. The lowest BCUT2D eigenvalue weighted by Gasteiger charge is -2.06. The van der Waals surface area contributed by atoms with Crippen LogP contribution in [-0.2, 0) is 17.8 Å². The van der Waals surface area contributed by atoms with Gasteiger partial charge in [0.1, 0.15) is 0 Å². The highest BCUT2D eigenvalue weighted by Gasteiger charge is 2.04. The molecule has 2 aromatic rings. The van der Waals surface area contributed by atoms with Crippen LogP contribution in [0.5, 0.6) is 0 Å². The minimum Gasteiger partial charge on any atom is -0.378 e. The van der Waals surface area contributed by atoms with Gasteiger partial charge in [0.15, 0.2) is 0 Å². The second-order valence-corrected chi connectivity index (χ2v) is 4.14. The summed E-state index contributed by atoms with van der Waals surface area (Å²) < 4.78 is 5.06. The van der Waals surface area contributed by atoms with Gasteiger partial charge in [0.2, 0.25) is 0 Å². The van der Waals surface area contributed by atoms with Gasteiger partial charge in [-0.05, 0) is 30.2 Å². The predicted octanol–water partition coefficient (Wildman–Crippen LogP) is 3.60. The van der Waals surface area contributed by atoms with Crippen molar-refractivity contribution >= 4 is 22.5 Å². The van der Waals surface area contributed by atoms with E-state index in [9.17, 15) is 0 Å². The molecule has 0 aliphatic rings. The van der Waals surface area contributed by atoms with Crippen molar-refractivity contribution in [3.8, 4) is 0 Å². The van der Waals surface area contributed by atoms with Crippen molar-refractivity contribution in [2.75, 3.05) is 7.11 Å². The third kappa shape index (κ3) is 2.18. The molecule has 0 spiro atoms. The lowest BCUT2D eigenvalue weighted by atomic mass is 10.1. The van der Waals surface area contributed by atoms with Crippen molar-refractivity contribution in [3.05, 3.63) is 40.5 Å². The highest BCUT2D eigenvalue weighted by atomic mass is 35.5. The first-order valence-electron chi connectivity index (χ1n) is 5.31. The summed E-state index contributed by atoms with van der Waals surface area (Å²) in [6.07, 6.45) is 1.01. The third-order valence-electron chi connectivity index (χ3n) is 2.58. The first-order valence-corrected chi connectivity index (χ1v) is 5.69. The van der Waals surface area contributed by atoms with Crippen molar-refractivity contribution in [2.45, 2.75) is 20.0 Å². The first kappa shape index (κ1) is 11.4. The predicted molar refractivity (Wildman–Crippen MR) is 66.8 cm³/mol. The molecule has 0 radical (unpaired) electrons. The zero-order valence-corrected chi connectivity index (χ0v) is 10.2. The minimum atomic E-state index is 0.491. The van der Waals surface area contributed by atoms with E-state index in [1.54, 1.807) is 7.11 Å². The number of pyridine rings is 1. The van der Waals surface area contributed by atoms with Crippen LogP contribution in [0.25, 0.3) is 10.9 Å². The molecule has 1 heterocycles. The Bertz CT molecular complexity index is 511. The number of nitrogens with zero attached hydrogens (tertiary/aromatic N) is 1. The van der Waals surface area contributed by atoms with E-state index in [4.69, 9.17) is 16.3 Å². The second kappa shape index (κ2) is 4.81. The molecule has 0 saturated carbocycles. The zero-order valence-electron chi connectivity index (χ0n) is 9.46. The van der Waals surface area contributed by atoms with Gasteiger partial charge in [-0.1, -0.05) is 24.6 Å². The average molecular weight is 236 g/mol. The molecule has 0 atom stereocenters. The van der Waals surface area contributed by atoms with E-state index in [0.717, 1.165) is 28.0 Å². The number of halogens is 1. The normalized spacial score (nSPS) is 10.9. The Kier molecular flexibility index (Phi) is 3.42. The summed E-state index contributed by atoms with van der Waals surface area (Å²) in [6.45, 7) is 2.62. The molecule has 3 heteroatoms. The van der Waals surface area contributed by atoms with Crippen LogP contribution in [0.3, 0.4) is 0 Å². The monoisotopic (exact) mass is 235 g/mol. The first-order chi connectivity index (χ1) is 7.74. The Morgan fingerprint density at radius 1 is 1.31 bits per heavy atom. The number of hydrogen-bond donors (Lipinski definition) is 0. The maximum atomic E-state index is 6.23. The molecule has 0 saturated heterocycles. The van der Waals surface area contributed by atoms with Crippen LogP contribution in [0.2, 0.25) is 5.02 Å². The Balaban J connectivity index is 2.57. The highest BCUT2D eigenvalue weighted by Crippen LogP contribution is 2.24. The van der Waals surface area contributed by atoms with Gasteiger partial charge >= 0.3 is 0 Å². The Morgan fingerprint density at radius 3 is 2.81 bits per heavy atom. The SMILES string of the molecule is CCc1ccc2nc(COC)cc(Cl)c2c1. The van der Waals surface area contributed by atoms with Gasteiger partial charge in [-0.15, -0.1) is 0 Å². The molecule has 84 valence electrons. The molecule has 0 aliphatic carbocycles. The van der Waals surface area contributed by atoms with Gasteiger partial charge in [-0.2, -0.15) is 0 Å². The van der Waals surface area contributed by atoms with E-state index < -0.39 is 0 Å². The summed E-state index contributed by atoms with van der Waals surface area (Å²) in [6, 6.07) is 8.07. The highest BCUT2D eigenvalue weighted by molar-refractivity contribution is 6.35. The maximum absolute atomic E-state index is 6.23. The van der Waals surface area contributed by atoms with Gasteiger partial charge in [-0.3, -0.25) is 4.98 Å². The number of benzene rings is 1. The Morgan fingerprint density at radius 2 is 2.12 bits per heavy atom. The van der Waals surface area contributed by atoms with Crippen molar-refractivity contribution < 1.29 is 4.74 Å². The van der Waals surface area contributed by atoms with Crippen molar-refractivity contribution in [1.29, 1.82) is 0 Å². The van der Waals surface area contributed by atoms with Crippen LogP contribution in [0.1, 0.15) is 18.2 Å². The number of aromatic nitrogens is 1. The Labute approximate surface area is 100 Å². The number of aryl methyl sites for hydroxylation is 1. The molecule has 0 aliphatic heterocycles. The summed E-state index contributed by atoms with van der Waals surface area (Å²) in [5, 5.41) is 1.76. The average Bonchev–Trinajstić information content (AvgIpc) is 2.29.